The number of aromatic nitrogens is 1. The highest BCUT2D eigenvalue weighted by molar-refractivity contribution is 6.06. The molecule has 2 aromatic rings. The van der Waals surface area contributed by atoms with E-state index in [9.17, 15) is 4.79 Å². The molecule has 1 aromatic heterocycles. The average Bonchev–Trinajstić information content (AvgIpc) is 3.44. The van der Waals surface area contributed by atoms with E-state index in [-0.39, 0.29) is 31.1 Å². The molecular weight excluding hydrogens is 324 g/mol. The summed E-state index contributed by atoms with van der Waals surface area (Å²) in [6.45, 7) is 0.645. The number of hydrogen-bond acceptors (Lipinski definition) is 4. The second-order valence-electron chi connectivity index (χ2n) is 7.15. The number of carbonyl (C=O) groups is 1. The van der Waals surface area contributed by atoms with Gasteiger partial charge in [-0.05, 0) is 30.0 Å². The van der Waals surface area contributed by atoms with Crippen molar-refractivity contribution in [1.82, 2.24) is 4.98 Å². The Labute approximate surface area is 158 Å². The van der Waals surface area contributed by atoms with Crippen molar-refractivity contribution in [2.75, 3.05) is 13.6 Å². The smallest absolute Gasteiger partial charge is 0.139 e. The second-order valence-corrected chi connectivity index (χ2v) is 7.15. The first kappa shape index (κ1) is 13.8. The average molecular weight is 351 g/mol. The summed E-state index contributed by atoms with van der Waals surface area (Å²) in [4.78, 5) is 21.9. The van der Waals surface area contributed by atoms with Crippen molar-refractivity contribution < 1.29 is 13.6 Å². The highest BCUT2D eigenvalue weighted by atomic mass is 16.5. The molecule has 0 radical (unpaired) electrons. The zero-order valence-electron chi connectivity index (χ0n) is 17.6. The van der Waals surface area contributed by atoms with Gasteiger partial charge in [-0.15, -0.1) is 0 Å². The summed E-state index contributed by atoms with van der Waals surface area (Å²) in [7, 11) is -2.48. The third kappa shape index (κ3) is 3.75. The standard InChI is InChI=1S/C22H24N2O2/c1-26-14-18(15-5-3-2-4-6-15)10-20(25)11-19-9-17-12-24-22(16-7-8-16)21(17)13-23-19/h2-6,9,13,16,18H,7-8,10-12,14H2,1H3/t18-/m1/s1/i1D3. The maximum atomic E-state index is 12.7. The Kier molecular flexibility index (Phi) is 3.99. The van der Waals surface area contributed by atoms with Crippen LogP contribution in [0.1, 0.15) is 51.7 Å². The number of Topliss-reactive ketones (excluding diaryl/α,β-unsaturated/α-hetero) is 1. The van der Waals surface area contributed by atoms with Crippen molar-refractivity contribution in [3.63, 3.8) is 0 Å². The number of aliphatic imine (C=N–C) groups is 1. The zero-order chi connectivity index (χ0) is 20.4. The van der Waals surface area contributed by atoms with Crippen LogP contribution in [0.5, 0.6) is 0 Å². The summed E-state index contributed by atoms with van der Waals surface area (Å²) >= 11 is 0. The van der Waals surface area contributed by atoms with Crippen LogP contribution >= 0.6 is 0 Å². The number of ketones is 1. The largest absolute Gasteiger partial charge is 0.384 e. The van der Waals surface area contributed by atoms with Crippen LogP contribution in [0.3, 0.4) is 0 Å². The van der Waals surface area contributed by atoms with Crippen molar-refractivity contribution in [2.45, 2.75) is 38.1 Å². The van der Waals surface area contributed by atoms with Gasteiger partial charge in [0.05, 0.1) is 17.3 Å². The molecule has 4 heteroatoms. The lowest BCUT2D eigenvalue weighted by atomic mass is 9.93. The molecule has 0 unspecified atom stereocenters. The molecule has 1 aromatic carbocycles. The number of fused-ring (bicyclic) bond motifs is 1. The molecule has 0 amide bonds. The molecule has 1 fully saturated rings. The van der Waals surface area contributed by atoms with Crippen LogP contribution < -0.4 is 0 Å². The lowest BCUT2D eigenvalue weighted by Gasteiger charge is -2.15. The number of benzene rings is 1. The molecular formula is C22H24N2O2. The molecule has 2 aliphatic rings. The number of hydrogen-bond donors (Lipinski definition) is 0. The molecule has 0 spiro atoms. The van der Waals surface area contributed by atoms with Crippen molar-refractivity contribution in [3.8, 4) is 0 Å². The first-order valence-corrected chi connectivity index (χ1v) is 9.12. The summed E-state index contributed by atoms with van der Waals surface area (Å²) in [5, 5.41) is 0. The van der Waals surface area contributed by atoms with E-state index in [4.69, 9.17) is 8.85 Å². The Morgan fingerprint density at radius 3 is 2.96 bits per heavy atom. The Morgan fingerprint density at radius 2 is 2.19 bits per heavy atom. The van der Waals surface area contributed by atoms with E-state index in [2.05, 4.69) is 9.98 Å². The first-order valence-electron chi connectivity index (χ1n) is 10.6. The Bertz CT molecular complexity index is 921. The number of carbonyl (C=O) groups excluding carboxylic acids is 1. The van der Waals surface area contributed by atoms with Crippen molar-refractivity contribution in [3.05, 3.63) is 65.0 Å². The summed E-state index contributed by atoms with van der Waals surface area (Å²) < 4.78 is 26.8. The van der Waals surface area contributed by atoms with Gasteiger partial charge in [0.15, 0.2) is 0 Å². The van der Waals surface area contributed by atoms with Crippen LogP contribution in [0, 0.1) is 5.92 Å². The molecule has 1 aliphatic heterocycles. The fourth-order valence-corrected chi connectivity index (χ4v) is 3.61. The van der Waals surface area contributed by atoms with Gasteiger partial charge < -0.3 is 4.74 Å². The normalized spacial score (nSPS) is 19.1. The molecule has 4 nitrogen and oxygen atoms in total. The Hall–Kier alpha value is -2.33. The number of nitrogens with zero attached hydrogens (tertiary/aromatic N) is 2. The van der Waals surface area contributed by atoms with Crippen LogP contribution in [0.4, 0.5) is 0 Å². The summed E-state index contributed by atoms with van der Waals surface area (Å²) in [6, 6.07) is 11.4. The SMILES string of the molecule is [2H]C([2H])([2H])OC[C@@H](CC(=O)Cc1cc2c(cn1)C(C1CC1)=NC2)c1ccccc1. The van der Waals surface area contributed by atoms with Gasteiger partial charge in [-0.25, -0.2) is 0 Å². The van der Waals surface area contributed by atoms with Gasteiger partial charge >= 0.3 is 0 Å². The number of ether oxygens (including phenoxy) is 1. The van der Waals surface area contributed by atoms with E-state index < -0.39 is 7.04 Å². The third-order valence-electron chi connectivity index (χ3n) is 5.11. The number of pyridine rings is 1. The van der Waals surface area contributed by atoms with E-state index in [0.717, 1.165) is 22.4 Å². The molecule has 2 heterocycles. The highest BCUT2D eigenvalue weighted by Crippen LogP contribution is 2.37. The minimum absolute atomic E-state index is 0.0155. The highest BCUT2D eigenvalue weighted by Gasteiger charge is 2.32. The van der Waals surface area contributed by atoms with Crippen LogP contribution in [0.25, 0.3) is 0 Å². The molecule has 1 aliphatic carbocycles. The Morgan fingerprint density at radius 1 is 1.35 bits per heavy atom. The maximum absolute atomic E-state index is 12.7. The molecule has 1 saturated carbocycles. The summed E-state index contributed by atoms with van der Waals surface area (Å²) in [5.74, 6) is 0.306. The molecule has 134 valence electrons. The van der Waals surface area contributed by atoms with Crippen molar-refractivity contribution in [1.29, 1.82) is 0 Å². The maximum Gasteiger partial charge on any atom is 0.139 e. The Balaban J connectivity index is 1.41. The van der Waals surface area contributed by atoms with Gasteiger partial charge in [0, 0.05) is 54.9 Å². The lowest BCUT2D eigenvalue weighted by molar-refractivity contribution is -0.119. The van der Waals surface area contributed by atoms with Gasteiger partial charge in [0.25, 0.3) is 0 Å². The quantitative estimate of drug-likeness (QED) is 0.728. The summed E-state index contributed by atoms with van der Waals surface area (Å²) in [5.41, 5.74) is 5.10. The van der Waals surface area contributed by atoms with Crippen LogP contribution in [-0.4, -0.2) is 30.1 Å². The minimum Gasteiger partial charge on any atom is -0.384 e. The minimum atomic E-state index is -2.48. The topological polar surface area (TPSA) is 51.5 Å². The predicted octanol–water partition coefficient (Wildman–Crippen LogP) is 3.73. The van der Waals surface area contributed by atoms with Crippen LogP contribution in [0.15, 0.2) is 47.6 Å². The fraction of sp³-hybridized carbons (Fsp3) is 0.409. The van der Waals surface area contributed by atoms with E-state index in [1.165, 1.54) is 18.6 Å². The van der Waals surface area contributed by atoms with Crippen molar-refractivity contribution in [2.24, 2.45) is 10.9 Å². The number of rotatable bonds is 8. The van der Waals surface area contributed by atoms with Gasteiger partial charge in [-0.2, -0.15) is 0 Å². The molecule has 26 heavy (non-hydrogen) atoms. The second kappa shape index (κ2) is 7.50. The van der Waals surface area contributed by atoms with Crippen LogP contribution in [0.2, 0.25) is 0 Å². The van der Waals surface area contributed by atoms with Gasteiger partial charge in [0.1, 0.15) is 5.78 Å². The van der Waals surface area contributed by atoms with E-state index in [1.807, 2.05) is 42.6 Å². The molecule has 0 N–H and O–H groups in total. The third-order valence-corrected chi connectivity index (χ3v) is 5.11. The first-order chi connectivity index (χ1) is 13.9. The lowest BCUT2D eigenvalue weighted by Crippen LogP contribution is -2.14. The van der Waals surface area contributed by atoms with Crippen LogP contribution in [-0.2, 0) is 22.5 Å². The van der Waals surface area contributed by atoms with Gasteiger partial charge in [0.2, 0.25) is 0 Å². The zero-order valence-corrected chi connectivity index (χ0v) is 14.6. The summed E-state index contributed by atoms with van der Waals surface area (Å²) in [6.07, 6.45) is 4.70. The molecule has 0 bridgehead atoms. The van der Waals surface area contributed by atoms with Crippen molar-refractivity contribution >= 4 is 11.5 Å². The van der Waals surface area contributed by atoms with E-state index in [0.29, 0.717) is 12.5 Å². The number of methoxy groups -OCH3 is 1. The molecule has 4 rings (SSSR count). The van der Waals surface area contributed by atoms with Gasteiger partial charge in [-0.1, -0.05) is 30.3 Å². The van der Waals surface area contributed by atoms with Gasteiger partial charge in [-0.3, -0.25) is 14.8 Å². The van der Waals surface area contributed by atoms with E-state index in [1.54, 1.807) is 0 Å². The monoisotopic (exact) mass is 351 g/mol. The fourth-order valence-electron chi connectivity index (χ4n) is 3.61. The van der Waals surface area contributed by atoms with E-state index >= 15 is 0 Å². The predicted molar refractivity (Wildman–Crippen MR) is 102 cm³/mol. The molecule has 1 atom stereocenters. The molecule has 0 saturated heterocycles.